The molecular weight excluding hydrogens is 287 g/mol. The summed E-state index contributed by atoms with van der Waals surface area (Å²) in [6, 6.07) is 0. The minimum absolute atomic E-state index is 0.296. The fraction of sp³-hybridized carbons (Fsp3) is 0.667. The monoisotopic (exact) mass is 304 g/mol. The van der Waals surface area contributed by atoms with Crippen LogP contribution in [0.1, 0.15) is 17.9 Å². The Kier molecular flexibility index (Phi) is 4.08. The normalized spacial score (nSPS) is 33.5. The lowest BCUT2D eigenvalue weighted by Gasteiger charge is -2.29. The van der Waals surface area contributed by atoms with Crippen LogP contribution in [0.15, 0.2) is 15.8 Å². The van der Waals surface area contributed by atoms with Gasteiger partial charge in [-0.15, -0.1) is 11.8 Å². The van der Waals surface area contributed by atoms with E-state index in [4.69, 9.17) is 0 Å². The Balaban J connectivity index is 2.48. The maximum atomic E-state index is 14.6. The van der Waals surface area contributed by atoms with E-state index in [0.717, 1.165) is 16.3 Å². The number of alkyl halides is 1. The van der Waals surface area contributed by atoms with Gasteiger partial charge in [-0.2, -0.15) is 0 Å². The first-order chi connectivity index (χ1) is 9.35. The Hall–Kier alpha value is -1.12. The number of nitrogens with one attached hydrogen (secondary N) is 1. The molecule has 20 heavy (non-hydrogen) atoms. The molecule has 0 unspecified atom stereocenters. The summed E-state index contributed by atoms with van der Waals surface area (Å²) in [4.78, 5) is 25.3. The van der Waals surface area contributed by atoms with Crippen molar-refractivity contribution in [3.05, 3.63) is 32.6 Å². The van der Waals surface area contributed by atoms with Crippen LogP contribution in [0.5, 0.6) is 0 Å². The zero-order valence-electron chi connectivity index (χ0n) is 11.2. The number of aromatic amines is 1. The third-order valence-electron chi connectivity index (χ3n) is 3.85. The summed E-state index contributed by atoms with van der Waals surface area (Å²) in [5.41, 5.74) is -2.03. The molecule has 1 fully saturated rings. The molecule has 6 nitrogen and oxygen atoms in total. The van der Waals surface area contributed by atoms with Gasteiger partial charge in [-0.1, -0.05) is 6.92 Å². The average molecular weight is 304 g/mol. The quantitative estimate of drug-likeness (QED) is 0.718. The molecule has 1 saturated heterocycles. The SMILES string of the molecule is Cc1cn([C@@H]2S[C@H](CO)[C@](C)(CO)[C@H]2F)c(=O)[nH]c1=O. The van der Waals surface area contributed by atoms with Gasteiger partial charge < -0.3 is 10.2 Å². The van der Waals surface area contributed by atoms with Gasteiger partial charge in [-0.3, -0.25) is 14.3 Å². The number of H-pyrrole nitrogens is 1. The van der Waals surface area contributed by atoms with E-state index < -0.39 is 40.1 Å². The van der Waals surface area contributed by atoms with Gasteiger partial charge in [0.15, 0.2) is 0 Å². The number of aliphatic hydroxyl groups is 2. The van der Waals surface area contributed by atoms with Crippen LogP contribution in [0.3, 0.4) is 0 Å². The van der Waals surface area contributed by atoms with E-state index in [1.54, 1.807) is 0 Å². The third kappa shape index (κ3) is 2.21. The Bertz CT molecular complexity index is 616. The Morgan fingerprint density at radius 1 is 1.50 bits per heavy atom. The van der Waals surface area contributed by atoms with Gasteiger partial charge in [0.05, 0.1) is 13.2 Å². The van der Waals surface area contributed by atoms with Crippen molar-refractivity contribution >= 4 is 11.8 Å². The molecule has 1 aliphatic heterocycles. The molecule has 1 aliphatic rings. The van der Waals surface area contributed by atoms with E-state index in [1.165, 1.54) is 20.0 Å². The summed E-state index contributed by atoms with van der Waals surface area (Å²) in [6.45, 7) is 2.33. The van der Waals surface area contributed by atoms with Crippen molar-refractivity contribution in [1.29, 1.82) is 0 Å². The van der Waals surface area contributed by atoms with Crippen LogP contribution >= 0.6 is 11.8 Å². The minimum Gasteiger partial charge on any atom is -0.396 e. The Morgan fingerprint density at radius 3 is 2.65 bits per heavy atom. The van der Waals surface area contributed by atoms with Crippen molar-refractivity contribution < 1.29 is 14.6 Å². The van der Waals surface area contributed by atoms with Crippen molar-refractivity contribution in [2.24, 2.45) is 5.41 Å². The summed E-state index contributed by atoms with van der Waals surface area (Å²) in [6.07, 6.45) is -0.208. The predicted molar refractivity (Wildman–Crippen MR) is 73.7 cm³/mol. The summed E-state index contributed by atoms with van der Waals surface area (Å²) in [7, 11) is 0. The number of aliphatic hydroxyl groups excluding tert-OH is 2. The lowest BCUT2D eigenvalue weighted by Crippen LogP contribution is -2.41. The predicted octanol–water partition coefficient (Wildman–Crippen LogP) is -0.212. The van der Waals surface area contributed by atoms with Crippen LogP contribution in [-0.4, -0.2) is 44.4 Å². The molecule has 4 atom stereocenters. The molecule has 1 aromatic heterocycles. The number of rotatable bonds is 3. The Labute approximate surface area is 118 Å². The maximum Gasteiger partial charge on any atom is 0.329 e. The molecule has 2 rings (SSSR count). The fourth-order valence-corrected chi connectivity index (χ4v) is 3.99. The van der Waals surface area contributed by atoms with E-state index in [1.807, 2.05) is 0 Å². The summed E-state index contributed by atoms with van der Waals surface area (Å²) < 4.78 is 15.7. The lowest BCUT2D eigenvalue weighted by molar-refractivity contribution is 0.0372. The number of hydrogen-bond acceptors (Lipinski definition) is 5. The van der Waals surface area contributed by atoms with Gasteiger partial charge in [0, 0.05) is 22.4 Å². The summed E-state index contributed by atoms with van der Waals surface area (Å²) >= 11 is 1.09. The van der Waals surface area contributed by atoms with Gasteiger partial charge in [0.1, 0.15) is 11.5 Å². The molecule has 1 aromatic rings. The van der Waals surface area contributed by atoms with Crippen molar-refractivity contribution in [3.8, 4) is 0 Å². The molecule has 0 saturated carbocycles. The molecular formula is C12H17FN2O4S. The van der Waals surface area contributed by atoms with Crippen molar-refractivity contribution in [2.45, 2.75) is 30.6 Å². The molecule has 2 heterocycles. The second-order valence-corrected chi connectivity index (χ2v) is 6.57. The first-order valence-electron chi connectivity index (χ1n) is 6.18. The summed E-state index contributed by atoms with van der Waals surface area (Å²) in [5, 5.41) is 17.4. The van der Waals surface area contributed by atoms with Crippen LogP contribution in [0.25, 0.3) is 0 Å². The van der Waals surface area contributed by atoms with Crippen LogP contribution in [0.4, 0.5) is 4.39 Å². The highest BCUT2D eigenvalue weighted by molar-refractivity contribution is 8.00. The minimum atomic E-state index is -1.52. The van der Waals surface area contributed by atoms with Gasteiger partial charge in [0.25, 0.3) is 5.56 Å². The molecule has 0 radical (unpaired) electrons. The van der Waals surface area contributed by atoms with Crippen molar-refractivity contribution in [3.63, 3.8) is 0 Å². The molecule has 8 heteroatoms. The van der Waals surface area contributed by atoms with Crippen molar-refractivity contribution in [1.82, 2.24) is 9.55 Å². The highest BCUT2D eigenvalue weighted by Gasteiger charge is 2.54. The van der Waals surface area contributed by atoms with Crippen LogP contribution in [0, 0.1) is 12.3 Å². The first-order valence-corrected chi connectivity index (χ1v) is 7.12. The van der Waals surface area contributed by atoms with Gasteiger partial charge in [-0.05, 0) is 6.92 Å². The second-order valence-electron chi connectivity index (χ2n) is 5.24. The molecule has 0 amide bonds. The Morgan fingerprint density at radius 2 is 2.15 bits per heavy atom. The van der Waals surface area contributed by atoms with Crippen LogP contribution < -0.4 is 11.2 Å². The van der Waals surface area contributed by atoms with E-state index >= 15 is 0 Å². The number of hydrogen-bond donors (Lipinski definition) is 3. The maximum absolute atomic E-state index is 14.6. The second kappa shape index (κ2) is 5.34. The number of thioether (sulfide) groups is 1. The molecule has 3 N–H and O–H groups in total. The number of nitrogens with zero attached hydrogens (tertiary/aromatic N) is 1. The first kappa shape index (κ1) is 15.3. The van der Waals surface area contributed by atoms with Gasteiger partial charge in [-0.25, -0.2) is 9.18 Å². The molecule has 0 aromatic carbocycles. The molecule has 112 valence electrons. The van der Waals surface area contributed by atoms with E-state index in [2.05, 4.69) is 4.98 Å². The average Bonchev–Trinajstić information content (AvgIpc) is 2.67. The molecule has 0 aliphatic carbocycles. The summed E-state index contributed by atoms with van der Waals surface area (Å²) in [5.74, 6) is 0. The fourth-order valence-electron chi connectivity index (χ4n) is 2.32. The highest BCUT2D eigenvalue weighted by Crippen LogP contribution is 2.53. The van der Waals surface area contributed by atoms with E-state index in [9.17, 15) is 24.2 Å². The van der Waals surface area contributed by atoms with Gasteiger partial charge in [0.2, 0.25) is 0 Å². The lowest BCUT2D eigenvalue weighted by atomic mass is 9.82. The number of aryl methyl sites for hydroxylation is 1. The van der Waals surface area contributed by atoms with Gasteiger partial charge >= 0.3 is 5.69 Å². The smallest absolute Gasteiger partial charge is 0.329 e. The van der Waals surface area contributed by atoms with Crippen molar-refractivity contribution in [2.75, 3.05) is 13.2 Å². The zero-order chi connectivity index (χ0) is 15.1. The third-order valence-corrected chi connectivity index (χ3v) is 5.61. The molecule has 0 spiro atoms. The number of halogens is 1. The topological polar surface area (TPSA) is 95.3 Å². The van der Waals surface area contributed by atoms with E-state index in [0.29, 0.717) is 5.56 Å². The largest absolute Gasteiger partial charge is 0.396 e. The standard InChI is InChI=1S/C12H17FN2O4S/c1-6-3-15(11(19)14-9(6)18)10-8(13)12(2,5-17)7(4-16)20-10/h3,7-8,10,16-17H,4-5H2,1-2H3,(H,14,18,19)/t7-,8+,10-,12+/m1/s1. The highest BCUT2D eigenvalue weighted by atomic mass is 32.2. The van der Waals surface area contributed by atoms with Crippen LogP contribution in [-0.2, 0) is 0 Å². The van der Waals surface area contributed by atoms with E-state index in [-0.39, 0.29) is 6.61 Å². The van der Waals surface area contributed by atoms with Crippen LogP contribution in [0.2, 0.25) is 0 Å². The zero-order valence-corrected chi connectivity index (χ0v) is 12.0. The molecule has 0 bridgehead atoms. The number of aromatic nitrogens is 2.